The van der Waals surface area contributed by atoms with Gasteiger partial charge in [-0.25, -0.2) is 13.9 Å². The van der Waals surface area contributed by atoms with E-state index in [1.54, 1.807) is 12.3 Å². The number of nitrogens with zero attached hydrogens (tertiary/aromatic N) is 4. The molecule has 2 N–H and O–H groups in total. The molecule has 0 unspecified atom stereocenters. The smallest absolute Gasteiger partial charge is 0.345 e. The lowest BCUT2D eigenvalue weighted by Gasteiger charge is -2.26. The maximum Gasteiger partial charge on any atom is 0.345 e. The van der Waals surface area contributed by atoms with Crippen LogP contribution in [0.25, 0.3) is 5.65 Å². The summed E-state index contributed by atoms with van der Waals surface area (Å²) in [7, 11) is 0. The van der Waals surface area contributed by atoms with Crippen molar-refractivity contribution in [1.29, 1.82) is 0 Å². The summed E-state index contributed by atoms with van der Waals surface area (Å²) in [5, 5.41) is 16.6. The molecule has 34 heavy (non-hydrogen) atoms. The van der Waals surface area contributed by atoms with Gasteiger partial charge in [-0.05, 0) is 37.6 Å². The summed E-state index contributed by atoms with van der Waals surface area (Å²) in [6, 6.07) is 4.47. The van der Waals surface area contributed by atoms with Gasteiger partial charge in [0, 0.05) is 35.8 Å². The average molecular weight is 477 g/mol. The third kappa shape index (κ3) is 4.73. The van der Waals surface area contributed by atoms with Crippen molar-refractivity contribution in [3.63, 3.8) is 0 Å². The van der Waals surface area contributed by atoms with E-state index in [-0.39, 0.29) is 35.5 Å². The Hall–Kier alpha value is -3.51. The van der Waals surface area contributed by atoms with Crippen LogP contribution in [0.4, 0.5) is 18.9 Å². The van der Waals surface area contributed by atoms with Gasteiger partial charge in [0.05, 0.1) is 24.9 Å². The van der Waals surface area contributed by atoms with Crippen LogP contribution in [0, 0.1) is 0 Å². The molecule has 2 amide bonds. The van der Waals surface area contributed by atoms with Crippen LogP contribution in [0.1, 0.15) is 45.7 Å². The Morgan fingerprint density at radius 1 is 1.32 bits per heavy atom. The van der Waals surface area contributed by atoms with Crippen LogP contribution in [0.2, 0.25) is 0 Å². The lowest BCUT2D eigenvalue weighted by atomic mass is 10.0. The summed E-state index contributed by atoms with van der Waals surface area (Å²) in [4.78, 5) is 31.0. The lowest BCUT2D eigenvalue weighted by molar-refractivity contribution is -0.137. The molecule has 3 aromatic rings. The van der Waals surface area contributed by atoms with E-state index in [9.17, 15) is 27.9 Å². The van der Waals surface area contributed by atoms with Crippen LogP contribution in [0.5, 0.6) is 0 Å². The second-order valence-electron chi connectivity index (χ2n) is 8.45. The van der Waals surface area contributed by atoms with Gasteiger partial charge >= 0.3 is 6.61 Å². The SMILES string of the molecule is CC(C)(O)[C@H](F)CN1Cc2cc(NC(=O)c3cnn4cccnc34)c(COC(F)F)cc2C1=O. The molecule has 4 rings (SSSR count). The summed E-state index contributed by atoms with van der Waals surface area (Å²) in [6.45, 7) is -1.36. The van der Waals surface area contributed by atoms with Gasteiger partial charge in [0.25, 0.3) is 11.8 Å². The molecule has 180 valence electrons. The molecule has 1 aliphatic rings. The van der Waals surface area contributed by atoms with E-state index in [0.29, 0.717) is 11.2 Å². The van der Waals surface area contributed by atoms with Gasteiger partial charge in [-0.3, -0.25) is 9.59 Å². The predicted octanol–water partition coefficient (Wildman–Crippen LogP) is 2.79. The maximum atomic E-state index is 14.4. The summed E-state index contributed by atoms with van der Waals surface area (Å²) < 4.78 is 45.6. The van der Waals surface area contributed by atoms with Crippen LogP contribution < -0.4 is 5.32 Å². The number of ether oxygens (including phenoxy) is 1. The highest BCUT2D eigenvalue weighted by atomic mass is 19.3. The fourth-order valence-electron chi connectivity index (χ4n) is 3.60. The minimum Gasteiger partial charge on any atom is -0.387 e. The van der Waals surface area contributed by atoms with Crippen LogP contribution >= 0.6 is 0 Å². The number of carbonyl (C=O) groups is 2. The first kappa shape index (κ1) is 23.6. The molecule has 0 fully saturated rings. The number of hydrogen-bond acceptors (Lipinski definition) is 6. The molecular weight excluding hydrogens is 455 g/mol. The van der Waals surface area contributed by atoms with Gasteiger partial charge in [0.15, 0.2) is 5.65 Å². The molecule has 1 aliphatic heterocycles. The Bertz CT molecular complexity index is 1240. The van der Waals surface area contributed by atoms with Gasteiger partial charge in [-0.15, -0.1) is 0 Å². The zero-order valence-corrected chi connectivity index (χ0v) is 18.3. The average Bonchev–Trinajstić information content (AvgIpc) is 3.33. The second kappa shape index (κ2) is 9.03. The number of benzene rings is 1. The molecule has 0 saturated heterocycles. The minimum atomic E-state index is -3.06. The van der Waals surface area contributed by atoms with E-state index in [1.807, 2.05) is 0 Å². The number of rotatable bonds is 8. The number of halogens is 3. The number of nitrogens with one attached hydrogen (secondary N) is 1. The van der Waals surface area contributed by atoms with E-state index in [2.05, 4.69) is 20.1 Å². The molecule has 0 aliphatic carbocycles. The normalized spacial score (nSPS) is 14.7. The van der Waals surface area contributed by atoms with Crippen molar-refractivity contribution in [3.05, 3.63) is 59.0 Å². The Kier molecular flexibility index (Phi) is 6.28. The Morgan fingerprint density at radius 2 is 2.09 bits per heavy atom. The van der Waals surface area contributed by atoms with E-state index in [0.717, 1.165) is 0 Å². The van der Waals surface area contributed by atoms with Crippen LogP contribution in [0.15, 0.2) is 36.8 Å². The summed E-state index contributed by atoms with van der Waals surface area (Å²) in [5.41, 5.74) is -0.223. The molecule has 0 radical (unpaired) electrons. The van der Waals surface area contributed by atoms with Crippen LogP contribution in [0.3, 0.4) is 0 Å². The fourth-order valence-corrected chi connectivity index (χ4v) is 3.60. The molecule has 0 saturated carbocycles. The van der Waals surface area contributed by atoms with E-state index in [1.165, 1.54) is 47.8 Å². The Labute approximate surface area is 192 Å². The lowest BCUT2D eigenvalue weighted by Crippen LogP contribution is -2.42. The minimum absolute atomic E-state index is 0.0296. The number of fused-ring (bicyclic) bond motifs is 2. The molecule has 1 atom stereocenters. The van der Waals surface area contributed by atoms with Crippen molar-refractivity contribution in [3.8, 4) is 0 Å². The highest BCUT2D eigenvalue weighted by Crippen LogP contribution is 2.31. The molecule has 1 aromatic carbocycles. The molecule has 0 bridgehead atoms. The van der Waals surface area contributed by atoms with Gasteiger partial charge in [0.2, 0.25) is 0 Å². The zero-order chi connectivity index (χ0) is 24.6. The van der Waals surface area contributed by atoms with E-state index < -0.39 is 36.8 Å². The molecular formula is C22H22F3N5O4. The van der Waals surface area contributed by atoms with Gasteiger partial charge in [0.1, 0.15) is 11.7 Å². The predicted molar refractivity (Wildman–Crippen MR) is 114 cm³/mol. The number of aliphatic hydroxyl groups is 1. The van der Waals surface area contributed by atoms with Crippen molar-refractivity contribution < 1.29 is 32.6 Å². The number of alkyl halides is 3. The standard InChI is InChI=1S/C22H22F3N5O4/c1-22(2,33)17(23)10-29-9-12-7-16(13(11-34-21(24)25)6-14(12)20(29)32)28-19(31)15-8-27-30-5-3-4-26-18(15)30/h3-8,17,21,33H,9-11H2,1-2H3,(H,28,31)/t17-/m1/s1. The second-order valence-corrected chi connectivity index (χ2v) is 8.45. The van der Waals surface area contributed by atoms with Gasteiger partial charge in [-0.2, -0.15) is 13.9 Å². The topological polar surface area (TPSA) is 109 Å². The Morgan fingerprint density at radius 3 is 2.79 bits per heavy atom. The van der Waals surface area contributed by atoms with E-state index in [4.69, 9.17) is 0 Å². The van der Waals surface area contributed by atoms with Crippen molar-refractivity contribution in [2.24, 2.45) is 0 Å². The maximum absolute atomic E-state index is 14.4. The highest BCUT2D eigenvalue weighted by Gasteiger charge is 2.35. The summed E-state index contributed by atoms with van der Waals surface area (Å²) in [5.74, 6) is -1.09. The van der Waals surface area contributed by atoms with E-state index >= 15 is 0 Å². The molecule has 2 aromatic heterocycles. The molecule has 12 heteroatoms. The summed E-state index contributed by atoms with van der Waals surface area (Å²) >= 11 is 0. The molecule has 3 heterocycles. The highest BCUT2D eigenvalue weighted by molar-refractivity contribution is 6.09. The first-order chi connectivity index (χ1) is 16.0. The van der Waals surface area contributed by atoms with Crippen molar-refractivity contribution in [1.82, 2.24) is 19.5 Å². The quantitative estimate of drug-likeness (QED) is 0.517. The van der Waals surface area contributed by atoms with Crippen molar-refractivity contribution >= 4 is 23.1 Å². The number of aromatic nitrogens is 3. The molecule has 9 nitrogen and oxygen atoms in total. The third-order valence-electron chi connectivity index (χ3n) is 5.49. The van der Waals surface area contributed by atoms with Crippen LogP contribution in [-0.2, 0) is 17.9 Å². The zero-order valence-electron chi connectivity index (χ0n) is 18.3. The first-order valence-corrected chi connectivity index (χ1v) is 10.4. The fraction of sp³-hybridized carbons (Fsp3) is 0.364. The number of carbonyl (C=O) groups excluding carboxylic acids is 2. The van der Waals surface area contributed by atoms with Gasteiger partial charge < -0.3 is 20.1 Å². The van der Waals surface area contributed by atoms with Crippen molar-refractivity contribution in [2.45, 2.75) is 45.4 Å². The first-order valence-electron chi connectivity index (χ1n) is 10.4. The monoisotopic (exact) mass is 477 g/mol. The number of hydrogen-bond donors (Lipinski definition) is 2. The third-order valence-corrected chi connectivity index (χ3v) is 5.49. The number of anilines is 1. The van der Waals surface area contributed by atoms with Crippen LogP contribution in [-0.4, -0.2) is 61.3 Å². The van der Waals surface area contributed by atoms with Crippen molar-refractivity contribution in [2.75, 3.05) is 11.9 Å². The Balaban J connectivity index is 1.63. The molecule has 0 spiro atoms. The largest absolute Gasteiger partial charge is 0.387 e. The summed E-state index contributed by atoms with van der Waals surface area (Å²) in [6.07, 6.45) is 2.73. The van der Waals surface area contributed by atoms with Gasteiger partial charge in [-0.1, -0.05) is 0 Å². The number of amides is 2.